The van der Waals surface area contributed by atoms with E-state index >= 15 is 0 Å². The highest BCUT2D eigenvalue weighted by Gasteiger charge is 2.19. The lowest BCUT2D eigenvalue weighted by molar-refractivity contribution is 0.0513. The molecule has 0 unspecified atom stereocenters. The maximum Gasteiger partial charge on any atom is 0.356 e. The van der Waals surface area contributed by atoms with E-state index in [1.54, 1.807) is 37.3 Å². The molecule has 3 rings (SSSR count). The van der Waals surface area contributed by atoms with E-state index in [0.29, 0.717) is 21.9 Å². The molecule has 136 valence electrons. The zero-order valence-electron chi connectivity index (χ0n) is 14.7. The Labute approximate surface area is 161 Å². The highest BCUT2D eigenvalue weighted by molar-refractivity contribution is 6.30. The van der Waals surface area contributed by atoms with E-state index < -0.39 is 5.97 Å². The van der Waals surface area contributed by atoms with E-state index in [2.05, 4.69) is 5.10 Å². The van der Waals surface area contributed by atoms with Crippen molar-refractivity contribution in [3.8, 4) is 11.3 Å². The van der Waals surface area contributed by atoms with Gasteiger partial charge in [-0.05, 0) is 30.7 Å². The average Bonchev–Trinajstić information content (AvgIpc) is 3.12. The number of carbonyl (C=O) groups excluding carboxylic acids is 2. The molecule has 0 saturated heterocycles. The molecule has 0 amide bonds. The highest BCUT2D eigenvalue weighted by Crippen LogP contribution is 2.22. The van der Waals surface area contributed by atoms with Crippen LogP contribution < -0.4 is 0 Å². The number of esters is 1. The quantitative estimate of drug-likeness (QED) is 0.472. The molecular formula is C21H17ClN2O3. The second-order valence-corrected chi connectivity index (χ2v) is 6.18. The third-order valence-corrected chi connectivity index (χ3v) is 4.21. The summed E-state index contributed by atoms with van der Waals surface area (Å²) < 4.78 is 6.60. The second kappa shape index (κ2) is 8.49. The lowest BCUT2D eigenvalue weighted by Crippen LogP contribution is -2.14. The number of hydrogen-bond acceptors (Lipinski definition) is 4. The molecule has 0 radical (unpaired) electrons. The zero-order chi connectivity index (χ0) is 19.2. The van der Waals surface area contributed by atoms with Gasteiger partial charge in [0.15, 0.2) is 0 Å². The number of halogens is 1. The molecule has 5 nitrogen and oxygen atoms in total. The van der Waals surface area contributed by atoms with Gasteiger partial charge in [0.2, 0.25) is 0 Å². The van der Waals surface area contributed by atoms with Crippen molar-refractivity contribution < 1.29 is 14.3 Å². The smallest absolute Gasteiger partial charge is 0.356 e. The predicted octanol–water partition coefficient (Wildman–Crippen LogP) is 4.30. The first-order valence-electron chi connectivity index (χ1n) is 8.42. The lowest BCUT2D eigenvalue weighted by Gasteiger charge is -2.08. The predicted molar refractivity (Wildman–Crippen MR) is 104 cm³/mol. The molecule has 0 aliphatic carbocycles. The number of nitrogens with zero attached hydrogens (tertiary/aromatic N) is 2. The molecule has 1 heterocycles. The number of aromatic nitrogens is 2. The third kappa shape index (κ3) is 4.34. The van der Waals surface area contributed by atoms with Gasteiger partial charge < -0.3 is 4.74 Å². The summed E-state index contributed by atoms with van der Waals surface area (Å²) in [6.45, 7) is 2.07. The monoisotopic (exact) mass is 380 g/mol. The summed E-state index contributed by atoms with van der Waals surface area (Å²) in [5.74, 6) is 1.45. The molecule has 6 heteroatoms. The van der Waals surface area contributed by atoms with Gasteiger partial charge in [-0.1, -0.05) is 54.1 Å². The van der Waals surface area contributed by atoms with Gasteiger partial charge in [-0.25, -0.2) is 9.59 Å². The van der Waals surface area contributed by atoms with Crippen LogP contribution in [0.1, 0.15) is 23.0 Å². The second-order valence-electron chi connectivity index (χ2n) is 5.75. The van der Waals surface area contributed by atoms with Gasteiger partial charge in [0.05, 0.1) is 24.4 Å². The Balaban J connectivity index is 1.99. The largest absolute Gasteiger partial charge is 0.461 e. The fourth-order valence-electron chi connectivity index (χ4n) is 2.64. The zero-order valence-corrected chi connectivity index (χ0v) is 15.4. The number of benzene rings is 2. The Morgan fingerprint density at radius 1 is 1.15 bits per heavy atom. The molecule has 3 aromatic rings. The molecule has 1 aromatic heterocycles. The van der Waals surface area contributed by atoms with Crippen LogP contribution in [0.5, 0.6) is 0 Å². The summed E-state index contributed by atoms with van der Waals surface area (Å²) >= 11 is 5.91. The first-order chi connectivity index (χ1) is 13.1. The molecule has 0 fully saturated rings. The van der Waals surface area contributed by atoms with Crippen LogP contribution in [0, 0.1) is 0 Å². The minimum Gasteiger partial charge on any atom is -0.461 e. The number of allylic oxidation sites excluding steroid dienone is 1. The third-order valence-electron chi connectivity index (χ3n) is 3.96. The summed E-state index contributed by atoms with van der Waals surface area (Å²) in [5.41, 5.74) is 2.79. The molecule has 0 N–H and O–H groups in total. The minimum absolute atomic E-state index is 0.0894. The van der Waals surface area contributed by atoms with E-state index in [1.807, 2.05) is 36.3 Å². The van der Waals surface area contributed by atoms with Crippen molar-refractivity contribution in [2.75, 3.05) is 6.61 Å². The van der Waals surface area contributed by atoms with Crippen LogP contribution in [0.15, 0.2) is 60.7 Å². The molecule has 0 aliphatic rings. The van der Waals surface area contributed by atoms with Crippen LogP contribution in [-0.2, 0) is 16.1 Å². The normalized spacial score (nSPS) is 10.3. The Morgan fingerprint density at radius 3 is 2.48 bits per heavy atom. The van der Waals surface area contributed by atoms with Gasteiger partial charge in [-0.15, -0.1) is 0 Å². The number of ether oxygens (including phenoxy) is 1. The van der Waals surface area contributed by atoms with Crippen LogP contribution in [0.2, 0.25) is 5.02 Å². The molecule has 0 aliphatic heterocycles. The topological polar surface area (TPSA) is 61.2 Å². The number of rotatable bonds is 6. The van der Waals surface area contributed by atoms with Crippen LogP contribution in [0.3, 0.4) is 0 Å². The number of carbonyl (C=O) groups is 1. The van der Waals surface area contributed by atoms with E-state index in [9.17, 15) is 9.59 Å². The summed E-state index contributed by atoms with van der Waals surface area (Å²) in [6.07, 6.45) is 0. The van der Waals surface area contributed by atoms with Gasteiger partial charge in [0.25, 0.3) is 0 Å². The van der Waals surface area contributed by atoms with Gasteiger partial charge >= 0.3 is 5.97 Å². The average molecular weight is 381 g/mol. The lowest BCUT2D eigenvalue weighted by atomic mass is 10.1. The van der Waals surface area contributed by atoms with Gasteiger partial charge in [-0.2, -0.15) is 5.10 Å². The molecule has 0 spiro atoms. The molecule has 0 saturated carbocycles. The molecule has 0 atom stereocenters. The summed E-state index contributed by atoms with van der Waals surface area (Å²) in [7, 11) is 0. The van der Waals surface area contributed by atoms with Crippen molar-refractivity contribution in [2.24, 2.45) is 0 Å². The molecule has 2 aromatic carbocycles. The summed E-state index contributed by atoms with van der Waals surface area (Å²) in [4.78, 5) is 23.9. The Morgan fingerprint density at radius 2 is 1.85 bits per heavy atom. The Hall–Kier alpha value is -3.14. The van der Waals surface area contributed by atoms with Gasteiger partial charge in [0.1, 0.15) is 11.6 Å². The Kier molecular flexibility index (Phi) is 5.87. The van der Waals surface area contributed by atoms with E-state index in [4.69, 9.17) is 16.3 Å². The van der Waals surface area contributed by atoms with E-state index in [-0.39, 0.29) is 18.8 Å². The van der Waals surface area contributed by atoms with E-state index in [0.717, 1.165) is 5.56 Å². The van der Waals surface area contributed by atoms with Crippen LogP contribution >= 0.6 is 11.6 Å². The van der Waals surface area contributed by atoms with Crippen LogP contribution in [0.25, 0.3) is 16.8 Å². The van der Waals surface area contributed by atoms with Crippen LogP contribution in [-0.4, -0.2) is 28.3 Å². The van der Waals surface area contributed by atoms with E-state index in [1.165, 1.54) is 4.68 Å². The Bertz CT molecular complexity index is 988. The van der Waals surface area contributed by atoms with Crippen molar-refractivity contribution in [2.45, 2.75) is 13.5 Å². The highest BCUT2D eigenvalue weighted by atomic mass is 35.5. The van der Waals surface area contributed by atoms with Crippen LogP contribution in [0.4, 0.5) is 0 Å². The van der Waals surface area contributed by atoms with Crippen molar-refractivity contribution in [1.82, 2.24) is 9.78 Å². The number of hydrogen-bond donors (Lipinski definition) is 0. The van der Waals surface area contributed by atoms with Crippen molar-refractivity contribution >= 4 is 29.1 Å². The fourth-order valence-corrected chi connectivity index (χ4v) is 2.77. The van der Waals surface area contributed by atoms with Gasteiger partial charge in [0, 0.05) is 10.6 Å². The molecule has 27 heavy (non-hydrogen) atoms. The maximum absolute atomic E-state index is 12.4. The standard InChI is InChI=1S/C21H17ClN2O3/c1-2-27-21(26)20-12-19(16-6-4-3-5-7-16)23-24(20)13-17(14-25)15-8-10-18(22)11-9-15/h3-12H,2,13H2,1H3. The van der Waals surface area contributed by atoms with Crippen molar-refractivity contribution in [1.29, 1.82) is 0 Å². The maximum atomic E-state index is 12.4. The first kappa shape index (κ1) is 18.6. The van der Waals surface area contributed by atoms with Crippen molar-refractivity contribution in [3.05, 3.63) is 76.9 Å². The molecule has 0 bridgehead atoms. The van der Waals surface area contributed by atoms with Crippen molar-refractivity contribution in [3.63, 3.8) is 0 Å². The SMILES string of the molecule is CCOC(=O)c1cc(-c2ccccc2)nn1CC(=C=O)c1ccc(Cl)cc1. The molecular weight excluding hydrogens is 364 g/mol. The fraction of sp³-hybridized carbons (Fsp3) is 0.143. The summed E-state index contributed by atoms with van der Waals surface area (Å²) in [5, 5.41) is 5.08. The minimum atomic E-state index is -0.492. The summed E-state index contributed by atoms with van der Waals surface area (Å²) in [6, 6.07) is 18.0. The van der Waals surface area contributed by atoms with Gasteiger partial charge in [-0.3, -0.25) is 4.68 Å². The first-order valence-corrected chi connectivity index (χ1v) is 8.80.